The molecule has 2 aromatic heterocycles. The summed E-state index contributed by atoms with van der Waals surface area (Å²) in [5, 5.41) is 5.96. The number of carbonyl (C=O) groups excluding carboxylic acids is 3. The molecule has 186 valence electrons. The average molecular weight is 494 g/mol. The first kappa shape index (κ1) is 23.1. The molecule has 2 aliphatic heterocycles. The molecule has 1 saturated heterocycles. The van der Waals surface area contributed by atoms with Crippen LogP contribution in [-0.4, -0.2) is 38.0 Å². The maximum Gasteiger partial charge on any atom is 0.255 e. The van der Waals surface area contributed by atoms with E-state index in [1.54, 1.807) is 11.2 Å². The summed E-state index contributed by atoms with van der Waals surface area (Å²) in [5.41, 5.74) is 6.78. The minimum absolute atomic E-state index is 0.170. The van der Waals surface area contributed by atoms with E-state index in [1.807, 2.05) is 47.0 Å². The zero-order valence-corrected chi connectivity index (χ0v) is 20.5. The van der Waals surface area contributed by atoms with Gasteiger partial charge in [0, 0.05) is 31.1 Å². The molecule has 0 aliphatic carbocycles. The minimum atomic E-state index is -0.623. The lowest BCUT2D eigenvalue weighted by Crippen LogP contribution is -2.52. The molecule has 37 heavy (non-hydrogen) atoms. The maximum absolute atomic E-state index is 13.1. The first-order valence-corrected chi connectivity index (χ1v) is 12.5. The number of amides is 3. The van der Waals surface area contributed by atoms with Gasteiger partial charge in [0.25, 0.3) is 5.91 Å². The Bertz CT molecular complexity index is 1530. The molecule has 4 heterocycles. The van der Waals surface area contributed by atoms with Gasteiger partial charge in [0.1, 0.15) is 6.04 Å². The molecule has 8 heteroatoms. The van der Waals surface area contributed by atoms with Crippen LogP contribution < -0.4 is 10.6 Å². The number of nitrogens with zero attached hydrogens (tertiary/aromatic N) is 3. The van der Waals surface area contributed by atoms with Crippen molar-refractivity contribution < 1.29 is 14.4 Å². The van der Waals surface area contributed by atoms with Crippen LogP contribution in [0.1, 0.15) is 52.9 Å². The van der Waals surface area contributed by atoms with Gasteiger partial charge in [-0.2, -0.15) is 0 Å². The Morgan fingerprint density at radius 2 is 1.92 bits per heavy atom. The topological polar surface area (TPSA) is 95.8 Å². The Hall–Kier alpha value is -4.30. The number of fused-ring (bicyclic) bond motifs is 2. The van der Waals surface area contributed by atoms with Gasteiger partial charge in [-0.05, 0) is 59.9 Å². The lowest BCUT2D eigenvalue weighted by atomic mass is 10.0. The number of imide groups is 1. The van der Waals surface area contributed by atoms with Crippen molar-refractivity contribution in [1.29, 1.82) is 0 Å². The van der Waals surface area contributed by atoms with E-state index in [9.17, 15) is 14.4 Å². The summed E-state index contributed by atoms with van der Waals surface area (Å²) in [6, 6.07) is 20.0. The average Bonchev–Trinajstić information content (AvgIpc) is 3.51. The molecule has 4 aromatic rings. The van der Waals surface area contributed by atoms with E-state index in [0.29, 0.717) is 25.1 Å². The van der Waals surface area contributed by atoms with Crippen molar-refractivity contribution in [3.8, 4) is 11.3 Å². The smallest absolute Gasteiger partial charge is 0.255 e. The third-order valence-corrected chi connectivity index (χ3v) is 7.31. The Morgan fingerprint density at radius 1 is 1.08 bits per heavy atom. The van der Waals surface area contributed by atoms with E-state index in [2.05, 4.69) is 46.8 Å². The van der Waals surface area contributed by atoms with Gasteiger partial charge in [-0.15, -0.1) is 0 Å². The lowest BCUT2D eigenvalue weighted by Gasteiger charge is -2.29. The molecule has 0 spiro atoms. The van der Waals surface area contributed by atoms with Crippen LogP contribution in [0.15, 0.2) is 73.2 Å². The predicted octanol–water partition coefficient (Wildman–Crippen LogP) is 3.61. The highest BCUT2D eigenvalue weighted by molar-refractivity contribution is 6.05. The largest absolute Gasteiger partial charge is 0.322 e. The third-order valence-electron chi connectivity index (χ3n) is 7.31. The second-order valence-corrected chi connectivity index (χ2v) is 9.72. The van der Waals surface area contributed by atoms with E-state index in [0.717, 1.165) is 27.9 Å². The van der Waals surface area contributed by atoms with Crippen LogP contribution in [0.4, 0.5) is 0 Å². The fourth-order valence-electron chi connectivity index (χ4n) is 5.28. The van der Waals surface area contributed by atoms with Gasteiger partial charge >= 0.3 is 0 Å². The van der Waals surface area contributed by atoms with Gasteiger partial charge < -0.3 is 10.2 Å². The number of nitrogens with one attached hydrogen (secondary N) is 2. The normalized spacial score (nSPS) is 18.2. The van der Waals surface area contributed by atoms with E-state index >= 15 is 0 Å². The predicted molar refractivity (Wildman–Crippen MR) is 138 cm³/mol. The van der Waals surface area contributed by atoms with Crippen molar-refractivity contribution in [2.75, 3.05) is 0 Å². The highest BCUT2D eigenvalue weighted by Gasteiger charge is 2.39. The molecule has 2 atom stereocenters. The molecular formula is C29H27N5O3. The van der Waals surface area contributed by atoms with Gasteiger partial charge in [-0.3, -0.25) is 24.1 Å². The standard InChI is InChI=1S/C29H27N5O3/c1-18(20-5-3-2-4-6-20)31-14-19-11-23-15-30-17-34(23)26(12-19)21-7-8-24-22(13-21)16-33(29(24)37)25-9-10-27(35)32-28(25)36/h2-8,11-13,15,17-18,25,31H,9-10,14,16H2,1H3,(H,32,35,36). The van der Waals surface area contributed by atoms with Gasteiger partial charge in [-0.1, -0.05) is 36.4 Å². The molecule has 8 nitrogen and oxygen atoms in total. The van der Waals surface area contributed by atoms with Gasteiger partial charge in [0.15, 0.2) is 0 Å². The van der Waals surface area contributed by atoms with Gasteiger partial charge in [-0.25, -0.2) is 4.98 Å². The Balaban J connectivity index is 1.27. The monoisotopic (exact) mass is 493 g/mol. The molecule has 3 amide bonds. The summed E-state index contributed by atoms with van der Waals surface area (Å²) < 4.78 is 2.04. The summed E-state index contributed by atoms with van der Waals surface area (Å²) in [6.07, 6.45) is 4.23. The fourth-order valence-corrected chi connectivity index (χ4v) is 5.28. The van der Waals surface area contributed by atoms with Crippen LogP contribution in [0.2, 0.25) is 0 Å². The SMILES string of the molecule is CC(NCc1cc(-c2ccc3c(c2)CN(C2CCC(=O)NC2=O)C3=O)n2cncc2c1)c1ccccc1. The Labute approximate surface area is 214 Å². The fraction of sp³-hybridized carbons (Fsp3) is 0.241. The molecular weight excluding hydrogens is 466 g/mol. The molecule has 0 bridgehead atoms. The van der Waals surface area contributed by atoms with Gasteiger partial charge in [0.2, 0.25) is 11.8 Å². The number of aromatic nitrogens is 2. The van der Waals surface area contributed by atoms with Crippen LogP contribution in [0.3, 0.4) is 0 Å². The van der Waals surface area contributed by atoms with Crippen molar-refractivity contribution in [3.05, 3.63) is 95.4 Å². The van der Waals surface area contributed by atoms with E-state index < -0.39 is 11.9 Å². The number of rotatable bonds is 6. The molecule has 0 radical (unpaired) electrons. The molecule has 2 N–H and O–H groups in total. The van der Waals surface area contributed by atoms with Crippen LogP contribution in [0, 0.1) is 0 Å². The second kappa shape index (κ2) is 9.29. The summed E-state index contributed by atoms with van der Waals surface area (Å²) in [7, 11) is 0. The Morgan fingerprint density at radius 3 is 2.73 bits per heavy atom. The number of carbonyl (C=O) groups is 3. The number of imidazole rings is 1. The number of piperidine rings is 1. The number of hydrogen-bond acceptors (Lipinski definition) is 5. The van der Waals surface area contributed by atoms with Crippen LogP contribution in [0.25, 0.3) is 16.8 Å². The number of benzene rings is 2. The summed E-state index contributed by atoms with van der Waals surface area (Å²) in [6.45, 7) is 3.19. The molecule has 1 fully saturated rings. The molecule has 2 unspecified atom stereocenters. The lowest BCUT2D eigenvalue weighted by molar-refractivity contribution is -0.136. The first-order valence-electron chi connectivity index (χ1n) is 12.5. The molecule has 0 saturated carbocycles. The summed E-state index contributed by atoms with van der Waals surface area (Å²) >= 11 is 0. The summed E-state index contributed by atoms with van der Waals surface area (Å²) in [5.74, 6) is -0.857. The quantitative estimate of drug-likeness (QED) is 0.400. The van der Waals surface area contributed by atoms with Crippen molar-refractivity contribution in [2.45, 2.75) is 44.9 Å². The Kier molecular flexibility index (Phi) is 5.81. The van der Waals surface area contributed by atoms with E-state index in [4.69, 9.17) is 0 Å². The number of hydrogen-bond donors (Lipinski definition) is 2. The summed E-state index contributed by atoms with van der Waals surface area (Å²) in [4.78, 5) is 43.0. The molecule has 2 aliphatic rings. The van der Waals surface area contributed by atoms with Crippen molar-refractivity contribution in [3.63, 3.8) is 0 Å². The van der Waals surface area contributed by atoms with E-state index in [-0.39, 0.29) is 24.3 Å². The van der Waals surface area contributed by atoms with Crippen molar-refractivity contribution in [1.82, 2.24) is 24.9 Å². The van der Waals surface area contributed by atoms with Gasteiger partial charge in [0.05, 0.1) is 23.7 Å². The molecule has 2 aromatic carbocycles. The highest BCUT2D eigenvalue weighted by atomic mass is 16.2. The third kappa shape index (κ3) is 4.29. The first-order chi connectivity index (χ1) is 18.0. The molecule has 6 rings (SSSR count). The minimum Gasteiger partial charge on any atom is -0.322 e. The van der Waals surface area contributed by atoms with Crippen molar-refractivity contribution in [2.24, 2.45) is 0 Å². The zero-order valence-electron chi connectivity index (χ0n) is 20.5. The van der Waals surface area contributed by atoms with Crippen molar-refractivity contribution >= 4 is 23.2 Å². The van der Waals surface area contributed by atoms with E-state index in [1.165, 1.54) is 5.56 Å². The zero-order chi connectivity index (χ0) is 25.5. The van der Waals surface area contributed by atoms with Crippen LogP contribution >= 0.6 is 0 Å². The van der Waals surface area contributed by atoms with Crippen LogP contribution in [0.5, 0.6) is 0 Å². The van der Waals surface area contributed by atoms with Crippen LogP contribution in [-0.2, 0) is 22.7 Å². The second-order valence-electron chi connectivity index (χ2n) is 9.72. The number of pyridine rings is 1. The maximum atomic E-state index is 13.1. The highest BCUT2D eigenvalue weighted by Crippen LogP contribution is 2.32.